The lowest BCUT2D eigenvalue weighted by molar-refractivity contribution is -0.0769. The summed E-state index contributed by atoms with van der Waals surface area (Å²) >= 11 is 0. The fourth-order valence-electron chi connectivity index (χ4n) is 3.23. The van der Waals surface area contributed by atoms with Crippen LogP contribution in [0.5, 0.6) is 5.75 Å². The number of aryl methyl sites for hydroxylation is 1. The first-order valence-corrected chi connectivity index (χ1v) is 6.72. The van der Waals surface area contributed by atoms with Crippen LogP contribution in [-0.2, 0) is 10.2 Å². The Bertz CT molecular complexity index is 434. The third-order valence-electron chi connectivity index (χ3n) is 4.34. The maximum Gasteiger partial charge on any atom is 0.122 e. The van der Waals surface area contributed by atoms with E-state index in [0.29, 0.717) is 6.04 Å². The van der Waals surface area contributed by atoms with Gasteiger partial charge < -0.3 is 14.8 Å². The second-order valence-corrected chi connectivity index (χ2v) is 5.50. The molecule has 3 rings (SSSR count). The van der Waals surface area contributed by atoms with Crippen LogP contribution < -0.4 is 10.1 Å². The molecule has 2 heterocycles. The predicted octanol–water partition coefficient (Wildman–Crippen LogP) is 2.02. The fraction of sp³-hybridized carbons (Fsp3) is 0.600. The van der Waals surface area contributed by atoms with Crippen LogP contribution in [0.2, 0.25) is 0 Å². The van der Waals surface area contributed by atoms with E-state index in [1.54, 1.807) is 7.11 Å². The van der Waals surface area contributed by atoms with Gasteiger partial charge in [-0.15, -0.1) is 0 Å². The molecule has 1 N–H and O–H groups in total. The number of nitrogens with one attached hydrogen (secondary N) is 1. The molecule has 2 aliphatic heterocycles. The average Bonchev–Trinajstić information content (AvgIpc) is 2.82. The quantitative estimate of drug-likeness (QED) is 0.886. The van der Waals surface area contributed by atoms with Crippen molar-refractivity contribution in [1.29, 1.82) is 0 Å². The highest BCUT2D eigenvalue weighted by atomic mass is 16.5. The van der Waals surface area contributed by atoms with Gasteiger partial charge in [0, 0.05) is 11.6 Å². The maximum atomic E-state index is 5.56. The first-order valence-electron chi connectivity index (χ1n) is 6.72. The minimum Gasteiger partial charge on any atom is -0.496 e. The smallest absolute Gasteiger partial charge is 0.122 e. The molecule has 1 unspecified atom stereocenters. The van der Waals surface area contributed by atoms with E-state index in [1.165, 1.54) is 24.0 Å². The molecular weight excluding hydrogens is 226 g/mol. The molecule has 0 amide bonds. The van der Waals surface area contributed by atoms with Crippen LogP contribution in [0, 0.1) is 6.92 Å². The monoisotopic (exact) mass is 247 g/mol. The SMILES string of the molecule is COc1ccc(C)cc1C1(C2CCCN2)COC1. The highest BCUT2D eigenvalue weighted by Crippen LogP contribution is 2.43. The first kappa shape index (κ1) is 12.0. The summed E-state index contributed by atoms with van der Waals surface area (Å²) in [6, 6.07) is 6.99. The minimum absolute atomic E-state index is 0.119. The molecule has 0 bridgehead atoms. The molecule has 18 heavy (non-hydrogen) atoms. The van der Waals surface area contributed by atoms with Crippen molar-refractivity contribution in [3.05, 3.63) is 29.3 Å². The van der Waals surface area contributed by atoms with Gasteiger partial charge in [-0.25, -0.2) is 0 Å². The lowest BCUT2D eigenvalue weighted by Gasteiger charge is -2.47. The van der Waals surface area contributed by atoms with Gasteiger partial charge in [-0.3, -0.25) is 0 Å². The number of rotatable bonds is 3. The van der Waals surface area contributed by atoms with Crippen LogP contribution in [-0.4, -0.2) is 32.9 Å². The number of benzene rings is 1. The molecule has 1 aromatic rings. The van der Waals surface area contributed by atoms with Gasteiger partial charge in [0.15, 0.2) is 0 Å². The van der Waals surface area contributed by atoms with Gasteiger partial charge in [-0.1, -0.05) is 17.7 Å². The van der Waals surface area contributed by atoms with E-state index in [0.717, 1.165) is 25.5 Å². The summed E-state index contributed by atoms with van der Waals surface area (Å²) in [4.78, 5) is 0. The highest BCUT2D eigenvalue weighted by molar-refractivity contribution is 5.45. The minimum atomic E-state index is 0.119. The van der Waals surface area contributed by atoms with Crippen molar-refractivity contribution in [2.24, 2.45) is 0 Å². The number of hydrogen-bond donors (Lipinski definition) is 1. The Morgan fingerprint density at radius 2 is 2.22 bits per heavy atom. The van der Waals surface area contributed by atoms with Crippen LogP contribution in [0.15, 0.2) is 18.2 Å². The Labute approximate surface area is 108 Å². The van der Waals surface area contributed by atoms with E-state index in [9.17, 15) is 0 Å². The fourth-order valence-corrected chi connectivity index (χ4v) is 3.23. The summed E-state index contributed by atoms with van der Waals surface area (Å²) in [6.45, 7) is 4.88. The summed E-state index contributed by atoms with van der Waals surface area (Å²) in [5.74, 6) is 0.998. The van der Waals surface area contributed by atoms with Crippen molar-refractivity contribution in [3.8, 4) is 5.75 Å². The van der Waals surface area contributed by atoms with E-state index >= 15 is 0 Å². The summed E-state index contributed by atoms with van der Waals surface area (Å²) in [5, 5.41) is 3.63. The van der Waals surface area contributed by atoms with Crippen molar-refractivity contribution < 1.29 is 9.47 Å². The number of hydrogen-bond acceptors (Lipinski definition) is 3. The van der Waals surface area contributed by atoms with Crippen LogP contribution in [0.25, 0.3) is 0 Å². The Morgan fingerprint density at radius 3 is 2.78 bits per heavy atom. The Kier molecular flexibility index (Phi) is 3.04. The Morgan fingerprint density at radius 1 is 1.39 bits per heavy atom. The van der Waals surface area contributed by atoms with E-state index in [2.05, 4.69) is 30.4 Å². The van der Waals surface area contributed by atoms with Gasteiger partial charge in [-0.05, 0) is 32.4 Å². The van der Waals surface area contributed by atoms with Crippen LogP contribution in [0.4, 0.5) is 0 Å². The summed E-state index contributed by atoms with van der Waals surface area (Å²) in [5.41, 5.74) is 2.72. The maximum absolute atomic E-state index is 5.56. The molecule has 2 saturated heterocycles. The normalized spacial score (nSPS) is 25.8. The second kappa shape index (κ2) is 4.56. The van der Waals surface area contributed by atoms with Crippen molar-refractivity contribution >= 4 is 0 Å². The average molecular weight is 247 g/mol. The molecule has 0 saturated carbocycles. The largest absolute Gasteiger partial charge is 0.496 e. The third-order valence-corrected chi connectivity index (χ3v) is 4.34. The van der Waals surface area contributed by atoms with Crippen LogP contribution >= 0.6 is 0 Å². The van der Waals surface area contributed by atoms with Gasteiger partial charge in [0.05, 0.1) is 25.7 Å². The Hall–Kier alpha value is -1.06. The van der Waals surface area contributed by atoms with Crippen molar-refractivity contribution in [2.45, 2.75) is 31.2 Å². The molecule has 2 aliphatic rings. The molecule has 0 radical (unpaired) electrons. The van der Waals surface area contributed by atoms with Crippen LogP contribution in [0.1, 0.15) is 24.0 Å². The molecule has 98 valence electrons. The molecule has 0 aromatic heterocycles. The van der Waals surface area contributed by atoms with Crippen molar-refractivity contribution in [2.75, 3.05) is 26.9 Å². The zero-order valence-corrected chi connectivity index (χ0v) is 11.2. The summed E-state index contributed by atoms with van der Waals surface area (Å²) in [6.07, 6.45) is 2.50. The first-order chi connectivity index (χ1) is 8.76. The predicted molar refractivity (Wildman–Crippen MR) is 71.3 cm³/mol. The van der Waals surface area contributed by atoms with Gasteiger partial charge in [-0.2, -0.15) is 0 Å². The van der Waals surface area contributed by atoms with E-state index in [4.69, 9.17) is 9.47 Å². The zero-order chi connectivity index (χ0) is 12.6. The highest BCUT2D eigenvalue weighted by Gasteiger charge is 2.49. The topological polar surface area (TPSA) is 30.5 Å². The second-order valence-electron chi connectivity index (χ2n) is 5.50. The van der Waals surface area contributed by atoms with Crippen LogP contribution in [0.3, 0.4) is 0 Å². The molecule has 1 aromatic carbocycles. The third kappa shape index (κ3) is 1.73. The molecule has 2 fully saturated rings. The standard InChI is InChI=1S/C15H21NO2/c1-11-5-6-13(17-2)12(8-11)15(9-18-10-15)14-4-3-7-16-14/h5-6,8,14,16H,3-4,7,9-10H2,1-2H3. The molecule has 3 nitrogen and oxygen atoms in total. The van der Waals surface area contributed by atoms with Gasteiger partial charge in [0.2, 0.25) is 0 Å². The lowest BCUT2D eigenvalue weighted by Crippen LogP contribution is -2.58. The molecule has 0 spiro atoms. The van der Waals surface area contributed by atoms with Gasteiger partial charge >= 0.3 is 0 Å². The molecule has 0 aliphatic carbocycles. The number of methoxy groups -OCH3 is 1. The van der Waals surface area contributed by atoms with Crippen molar-refractivity contribution in [3.63, 3.8) is 0 Å². The van der Waals surface area contributed by atoms with Gasteiger partial charge in [0.25, 0.3) is 0 Å². The molecule has 1 atom stereocenters. The summed E-state index contributed by atoms with van der Waals surface area (Å²) < 4.78 is 11.1. The lowest BCUT2D eigenvalue weighted by atomic mass is 9.71. The van der Waals surface area contributed by atoms with Gasteiger partial charge in [0.1, 0.15) is 5.75 Å². The Balaban J connectivity index is 2.02. The zero-order valence-electron chi connectivity index (χ0n) is 11.2. The van der Waals surface area contributed by atoms with E-state index in [-0.39, 0.29) is 5.41 Å². The summed E-state index contributed by atoms with van der Waals surface area (Å²) in [7, 11) is 1.75. The molecular formula is C15H21NO2. The van der Waals surface area contributed by atoms with Crippen molar-refractivity contribution in [1.82, 2.24) is 5.32 Å². The van der Waals surface area contributed by atoms with E-state index < -0.39 is 0 Å². The number of ether oxygens (including phenoxy) is 2. The molecule has 3 heteroatoms. The van der Waals surface area contributed by atoms with E-state index in [1.807, 2.05) is 0 Å².